The number of ether oxygens (including phenoxy) is 2. The van der Waals surface area contributed by atoms with Crippen molar-refractivity contribution in [3.63, 3.8) is 0 Å². The molecule has 88 valence electrons. The van der Waals surface area contributed by atoms with E-state index in [9.17, 15) is 9.90 Å². The van der Waals surface area contributed by atoms with Gasteiger partial charge < -0.3 is 14.6 Å². The molecule has 0 saturated carbocycles. The quantitative estimate of drug-likeness (QED) is 0.797. The third kappa shape index (κ3) is 2.66. The Hall–Kier alpha value is -1.71. The molecular weight excluding hydrogens is 208 g/mol. The molecule has 0 aliphatic heterocycles. The highest BCUT2D eigenvalue weighted by Crippen LogP contribution is 2.29. The van der Waals surface area contributed by atoms with Crippen LogP contribution in [0.3, 0.4) is 0 Å². The molecule has 1 aromatic rings. The number of phenols is 1. The van der Waals surface area contributed by atoms with E-state index in [-0.39, 0.29) is 23.2 Å². The van der Waals surface area contributed by atoms with Gasteiger partial charge in [-0.25, -0.2) is 4.79 Å². The van der Waals surface area contributed by atoms with Crippen molar-refractivity contribution >= 4 is 5.97 Å². The second-order valence-electron chi connectivity index (χ2n) is 3.48. The zero-order valence-electron chi connectivity index (χ0n) is 9.69. The monoisotopic (exact) mass is 224 g/mol. The number of para-hydroxylation sites is 1. The second-order valence-corrected chi connectivity index (χ2v) is 3.48. The standard InChI is InChI=1S/C12H16O4/c1-4-8(2)16-12(14)9-6-5-7-10(15-3)11(9)13/h5-8,13H,4H2,1-3H3. The Morgan fingerprint density at radius 3 is 2.75 bits per heavy atom. The Labute approximate surface area is 94.8 Å². The summed E-state index contributed by atoms with van der Waals surface area (Å²) >= 11 is 0. The zero-order valence-corrected chi connectivity index (χ0v) is 9.69. The first kappa shape index (κ1) is 12.4. The highest BCUT2D eigenvalue weighted by atomic mass is 16.5. The summed E-state index contributed by atoms with van der Waals surface area (Å²) in [5.74, 6) is -0.456. The van der Waals surface area contributed by atoms with Crippen LogP contribution in [0.15, 0.2) is 18.2 Å². The number of carbonyl (C=O) groups is 1. The molecule has 4 heteroatoms. The third-order valence-corrected chi connectivity index (χ3v) is 2.32. The molecule has 0 heterocycles. The minimum atomic E-state index is -0.536. The lowest BCUT2D eigenvalue weighted by Gasteiger charge is -2.12. The molecule has 1 atom stereocenters. The van der Waals surface area contributed by atoms with Crippen LogP contribution in [0, 0.1) is 0 Å². The molecule has 0 saturated heterocycles. The van der Waals surface area contributed by atoms with Gasteiger partial charge in [-0.05, 0) is 25.5 Å². The van der Waals surface area contributed by atoms with E-state index in [2.05, 4.69) is 0 Å². The number of rotatable bonds is 4. The Bertz CT molecular complexity index is 373. The highest BCUT2D eigenvalue weighted by molar-refractivity contribution is 5.93. The van der Waals surface area contributed by atoms with E-state index in [4.69, 9.17) is 9.47 Å². The average molecular weight is 224 g/mol. The fourth-order valence-corrected chi connectivity index (χ4v) is 1.18. The SMILES string of the molecule is CCC(C)OC(=O)c1cccc(OC)c1O. The van der Waals surface area contributed by atoms with Gasteiger partial charge in [0.2, 0.25) is 0 Å². The molecule has 1 unspecified atom stereocenters. The number of esters is 1. The van der Waals surface area contributed by atoms with Gasteiger partial charge in [0.25, 0.3) is 0 Å². The van der Waals surface area contributed by atoms with Crippen molar-refractivity contribution in [3.05, 3.63) is 23.8 Å². The van der Waals surface area contributed by atoms with Gasteiger partial charge in [0.1, 0.15) is 5.56 Å². The number of carbonyl (C=O) groups excluding carboxylic acids is 1. The first-order valence-electron chi connectivity index (χ1n) is 5.17. The number of hydrogen-bond donors (Lipinski definition) is 1. The molecule has 1 N–H and O–H groups in total. The number of methoxy groups -OCH3 is 1. The highest BCUT2D eigenvalue weighted by Gasteiger charge is 2.17. The van der Waals surface area contributed by atoms with Crippen molar-refractivity contribution in [1.82, 2.24) is 0 Å². The van der Waals surface area contributed by atoms with E-state index in [0.29, 0.717) is 0 Å². The number of benzene rings is 1. The van der Waals surface area contributed by atoms with E-state index in [1.165, 1.54) is 13.2 Å². The average Bonchev–Trinajstić information content (AvgIpc) is 2.29. The lowest BCUT2D eigenvalue weighted by Crippen LogP contribution is -2.14. The normalized spacial score (nSPS) is 11.9. The largest absolute Gasteiger partial charge is 0.504 e. The van der Waals surface area contributed by atoms with Gasteiger partial charge in [0.05, 0.1) is 13.2 Å². The predicted molar refractivity (Wildman–Crippen MR) is 59.8 cm³/mol. The van der Waals surface area contributed by atoms with Gasteiger partial charge in [-0.3, -0.25) is 0 Å². The maximum Gasteiger partial charge on any atom is 0.342 e. The fraction of sp³-hybridized carbons (Fsp3) is 0.417. The summed E-state index contributed by atoms with van der Waals surface area (Å²) in [5.41, 5.74) is 0.125. The summed E-state index contributed by atoms with van der Waals surface area (Å²) in [7, 11) is 1.43. The molecule has 16 heavy (non-hydrogen) atoms. The number of phenolic OH excluding ortho intramolecular Hbond substituents is 1. The smallest absolute Gasteiger partial charge is 0.342 e. The molecule has 0 aliphatic carbocycles. The van der Waals surface area contributed by atoms with Crippen LogP contribution in [0.2, 0.25) is 0 Å². The predicted octanol–water partition coefficient (Wildman–Crippen LogP) is 2.36. The van der Waals surface area contributed by atoms with Gasteiger partial charge in [-0.15, -0.1) is 0 Å². The van der Waals surface area contributed by atoms with Gasteiger partial charge in [-0.2, -0.15) is 0 Å². The van der Waals surface area contributed by atoms with Gasteiger partial charge in [-0.1, -0.05) is 13.0 Å². The third-order valence-electron chi connectivity index (χ3n) is 2.32. The summed E-state index contributed by atoms with van der Waals surface area (Å²) in [6, 6.07) is 4.71. The van der Waals surface area contributed by atoms with E-state index in [0.717, 1.165) is 6.42 Å². The molecule has 4 nitrogen and oxygen atoms in total. The van der Waals surface area contributed by atoms with Crippen LogP contribution in [-0.4, -0.2) is 24.3 Å². The molecule has 0 fully saturated rings. The maximum atomic E-state index is 11.7. The maximum absolute atomic E-state index is 11.7. The molecule has 0 aromatic heterocycles. The minimum Gasteiger partial charge on any atom is -0.504 e. The molecule has 0 amide bonds. The van der Waals surface area contributed by atoms with Crippen LogP contribution in [0.1, 0.15) is 30.6 Å². The summed E-state index contributed by atoms with van der Waals surface area (Å²) in [4.78, 5) is 11.7. The van der Waals surface area contributed by atoms with Gasteiger partial charge >= 0.3 is 5.97 Å². The van der Waals surface area contributed by atoms with Crippen LogP contribution in [0.4, 0.5) is 0 Å². The Balaban J connectivity index is 2.91. The lowest BCUT2D eigenvalue weighted by molar-refractivity contribution is 0.0330. The van der Waals surface area contributed by atoms with Crippen LogP contribution >= 0.6 is 0 Å². The van der Waals surface area contributed by atoms with Crippen LogP contribution < -0.4 is 4.74 Å². The Morgan fingerprint density at radius 1 is 1.50 bits per heavy atom. The zero-order chi connectivity index (χ0) is 12.1. The number of aromatic hydroxyl groups is 1. The van der Waals surface area contributed by atoms with Crippen molar-refractivity contribution in [3.8, 4) is 11.5 Å². The fourth-order valence-electron chi connectivity index (χ4n) is 1.18. The summed E-state index contributed by atoms with van der Waals surface area (Å²) in [5, 5.41) is 9.72. The van der Waals surface area contributed by atoms with E-state index < -0.39 is 5.97 Å². The van der Waals surface area contributed by atoms with Crippen molar-refractivity contribution in [2.24, 2.45) is 0 Å². The van der Waals surface area contributed by atoms with Crippen molar-refractivity contribution in [1.29, 1.82) is 0 Å². The second kappa shape index (κ2) is 5.39. The lowest BCUT2D eigenvalue weighted by atomic mass is 10.2. The molecule has 0 spiro atoms. The van der Waals surface area contributed by atoms with Crippen LogP contribution in [-0.2, 0) is 4.74 Å². The van der Waals surface area contributed by atoms with E-state index >= 15 is 0 Å². The van der Waals surface area contributed by atoms with Crippen molar-refractivity contribution in [2.75, 3.05) is 7.11 Å². The Morgan fingerprint density at radius 2 is 2.19 bits per heavy atom. The summed E-state index contributed by atoms with van der Waals surface area (Å²) in [6.07, 6.45) is 0.564. The molecule has 0 bridgehead atoms. The van der Waals surface area contributed by atoms with Crippen LogP contribution in [0.5, 0.6) is 11.5 Å². The molecule has 1 aromatic carbocycles. The molecule has 0 radical (unpaired) electrons. The van der Waals surface area contributed by atoms with Crippen molar-refractivity contribution in [2.45, 2.75) is 26.4 Å². The molecular formula is C12H16O4. The van der Waals surface area contributed by atoms with Crippen molar-refractivity contribution < 1.29 is 19.4 Å². The number of hydrogen-bond acceptors (Lipinski definition) is 4. The molecule has 1 rings (SSSR count). The van der Waals surface area contributed by atoms with Crippen LogP contribution in [0.25, 0.3) is 0 Å². The summed E-state index contributed by atoms with van der Waals surface area (Å²) < 4.78 is 10.0. The molecule has 0 aliphatic rings. The van der Waals surface area contributed by atoms with Gasteiger partial charge in [0.15, 0.2) is 11.5 Å². The first-order chi connectivity index (χ1) is 7.60. The van der Waals surface area contributed by atoms with E-state index in [1.807, 2.05) is 6.92 Å². The topological polar surface area (TPSA) is 55.8 Å². The minimum absolute atomic E-state index is 0.125. The van der Waals surface area contributed by atoms with Gasteiger partial charge in [0, 0.05) is 0 Å². The summed E-state index contributed by atoms with van der Waals surface area (Å²) in [6.45, 7) is 3.72. The van der Waals surface area contributed by atoms with E-state index in [1.54, 1.807) is 19.1 Å². The first-order valence-corrected chi connectivity index (χ1v) is 5.17. The Kier molecular flexibility index (Phi) is 4.17.